The summed E-state index contributed by atoms with van der Waals surface area (Å²) in [4.78, 5) is 15.5. The topological polar surface area (TPSA) is 59.9 Å². The van der Waals surface area contributed by atoms with Gasteiger partial charge < -0.3 is 14.8 Å². The van der Waals surface area contributed by atoms with Gasteiger partial charge in [-0.15, -0.1) is 0 Å². The van der Waals surface area contributed by atoms with Gasteiger partial charge in [-0.1, -0.05) is 0 Å². The van der Waals surface area contributed by atoms with Gasteiger partial charge in [0.25, 0.3) is 0 Å². The molecule has 0 spiro atoms. The monoisotopic (exact) mass is 452 g/mol. The van der Waals surface area contributed by atoms with Crippen LogP contribution in [-0.2, 0) is 4.79 Å². The zero-order valence-corrected chi connectivity index (χ0v) is 16.7. The minimum Gasteiger partial charge on any atom is -0.490 e. The number of amides is 1. The largest absolute Gasteiger partial charge is 0.490 e. The van der Waals surface area contributed by atoms with E-state index in [1.54, 1.807) is 6.21 Å². The Morgan fingerprint density at radius 2 is 1.84 bits per heavy atom. The average molecular weight is 452 g/mol. The Morgan fingerprint density at radius 3 is 2.44 bits per heavy atom. The van der Waals surface area contributed by atoms with Crippen LogP contribution in [0, 0.1) is 3.57 Å². The van der Waals surface area contributed by atoms with Gasteiger partial charge in [0, 0.05) is 18.8 Å². The lowest BCUT2D eigenvalue weighted by Crippen LogP contribution is -2.04. The van der Waals surface area contributed by atoms with Gasteiger partial charge in [0.2, 0.25) is 5.91 Å². The maximum atomic E-state index is 11.0. The minimum atomic E-state index is -0.0938. The summed E-state index contributed by atoms with van der Waals surface area (Å²) in [7, 11) is 0. The van der Waals surface area contributed by atoms with Gasteiger partial charge in [-0.2, -0.15) is 0 Å². The minimum absolute atomic E-state index is 0.0938. The summed E-state index contributed by atoms with van der Waals surface area (Å²) in [6, 6.07) is 11.3. The van der Waals surface area contributed by atoms with E-state index in [1.807, 2.05) is 50.2 Å². The average Bonchev–Trinajstić information content (AvgIpc) is 2.57. The van der Waals surface area contributed by atoms with Gasteiger partial charge in [-0.3, -0.25) is 9.79 Å². The molecule has 1 amide bonds. The van der Waals surface area contributed by atoms with E-state index in [1.165, 1.54) is 6.92 Å². The van der Waals surface area contributed by atoms with Crippen molar-refractivity contribution in [3.63, 3.8) is 0 Å². The molecule has 0 unspecified atom stereocenters. The van der Waals surface area contributed by atoms with Crippen LogP contribution in [0.5, 0.6) is 11.5 Å². The molecule has 0 heterocycles. The van der Waals surface area contributed by atoms with Crippen LogP contribution in [0.15, 0.2) is 41.4 Å². The molecule has 2 rings (SSSR count). The summed E-state index contributed by atoms with van der Waals surface area (Å²) in [5.74, 6) is 1.39. The molecule has 25 heavy (non-hydrogen) atoms. The van der Waals surface area contributed by atoms with Crippen molar-refractivity contribution in [2.45, 2.75) is 20.8 Å². The zero-order chi connectivity index (χ0) is 18.2. The molecule has 6 heteroatoms. The number of hydrogen-bond acceptors (Lipinski definition) is 4. The molecule has 0 aromatic heterocycles. The second-order valence-corrected chi connectivity index (χ2v) is 6.34. The van der Waals surface area contributed by atoms with Crippen molar-refractivity contribution in [2.24, 2.45) is 4.99 Å². The highest BCUT2D eigenvalue weighted by Crippen LogP contribution is 2.34. The third-order valence-electron chi connectivity index (χ3n) is 3.17. The molecule has 0 saturated heterocycles. The third kappa shape index (κ3) is 5.74. The molecule has 0 radical (unpaired) electrons. The molecule has 0 saturated carbocycles. The van der Waals surface area contributed by atoms with Crippen LogP contribution in [0.2, 0.25) is 0 Å². The number of aliphatic imine (C=N–C) groups is 1. The van der Waals surface area contributed by atoms with Crippen molar-refractivity contribution in [2.75, 3.05) is 18.5 Å². The Kier molecular flexibility index (Phi) is 7.24. The van der Waals surface area contributed by atoms with Gasteiger partial charge in [0.05, 0.1) is 22.5 Å². The fraction of sp³-hybridized carbons (Fsp3) is 0.263. The normalized spacial score (nSPS) is 10.7. The van der Waals surface area contributed by atoms with Crippen molar-refractivity contribution in [3.05, 3.63) is 45.5 Å². The summed E-state index contributed by atoms with van der Waals surface area (Å²) in [5, 5.41) is 2.73. The molecule has 0 aliphatic heterocycles. The first kappa shape index (κ1) is 19.2. The van der Waals surface area contributed by atoms with Crippen LogP contribution >= 0.6 is 22.6 Å². The molecular weight excluding hydrogens is 431 g/mol. The molecular formula is C19H21IN2O3. The number of anilines is 1. The van der Waals surface area contributed by atoms with E-state index in [0.29, 0.717) is 13.2 Å². The maximum Gasteiger partial charge on any atom is 0.221 e. The number of hydrogen-bond donors (Lipinski definition) is 1. The van der Waals surface area contributed by atoms with Crippen molar-refractivity contribution < 1.29 is 14.3 Å². The zero-order valence-electron chi connectivity index (χ0n) is 14.5. The third-order valence-corrected chi connectivity index (χ3v) is 3.97. The molecule has 0 aliphatic carbocycles. The van der Waals surface area contributed by atoms with Crippen molar-refractivity contribution in [1.29, 1.82) is 0 Å². The van der Waals surface area contributed by atoms with E-state index < -0.39 is 0 Å². The SMILES string of the molecule is CCOc1cc(C=Nc2ccc(NC(C)=O)cc2)cc(I)c1OCC. The summed E-state index contributed by atoms with van der Waals surface area (Å²) in [5.41, 5.74) is 2.49. The highest BCUT2D eigenvalue weighted by atomic mass is 127. The highest BCUT2D eigenvalue weighted by Gasteiger charge is 2.11. The van der Waals surface area contributed by atoms with E-state index in [4.69, 9.17) is 9.47 Å². The van der Waals surface area contributed by atoms with E-state index in [0.717, 1.165) is 32.0 Å². The number of benzene rings is 2. The Bertz CT molecular complexity index is 758. The van der Waals surface area contributed by atoms with Crippen molar-refractivity contribution in [1.82, 2.24) is 0 Å². The number of nitrogens with one attached hydrogen (secondary N) is 1. The molecule has 2 aromatic rings. The fourth-order valence-electron chi connectivity index (χ4n) is 2.19. The summed E-state index contributed by atoms with van der Waals surface area (Å²) >= 11 is 2.24. The second kappa shape index (κ2) is 9.41. The van der Waals surface area contributed by atoms with E-state index >= 15 is 0 Å². The lowest BCUT2D eigenvalue weighted by Gasteiger charge is -2.13. The summed E-state index contributed by atoms with van der Waals surface area (Å²) < 4.78 is 12.3. The number of carbonyl (C=O) groups is 1. The van der Waals surface area contributed by atoms with Gasteiger partial charge in [-0.25, -0.2) is 0 Å². The Hall–Kier alpha value is -2.09. The molecule has 2 aromatic carbocycles. The first-order valence-electron chi connectivity index (χ1n) is 8.04. The molecule has 0 bridgehead atoms. The van der Waals surface area contributed by atoms with Crippen molar-refractivity contribution >= 4 is 46.1 Å². The van der Waals surface area contributed by atoms with Crippen LogP contribution < -0.4 is 14.8 Å². The van der Waals surface area contributed by atoms with E-state index in [9.17, 15) is 4.79 Å². The second-order valence-electron chi connectivity index (χ2n) is 5.18. The Balaban J connectivity index is 2.21. The van der Waals surface area contributed by atoms with E-state index in [2.05, 4.69) is 32.9 Å². The first-order chi connectivity index (χ1) is 12.0. The van der Waals surface area contributed by atoms with Crippen LogP contribution in [0.3, 0.4) is 0 Å². The quantitative estimate of drug-likeness (QED) is 0.485. The summed E-state index contributed by atoms with van der Waals surface area (Å²) in [6.07, 6.45) is 1.79. The molecule has 132 valence electrons. The van der Waals surface area contributed by atoms with Gasteiger partial charge >= 0.3 is 0 Å². The van der Waals surface area contributed by atoms with Gasteiger partial charge in [0.15, 0.2) is 11.5 Å². The summed E-state index contributed by atoms with van der Waals surface area (Å²) in [6.45, 7) is 6.53. The highest BCUT2D eigenvalue weighted by molar-refractivity contribution is 14.1. The number of nitrogens with zero attached hydrogens (tertiary/aromatic N) is 1. The smallest absolute Gasteiger partial charge is 0.221 e. The van der Waals surface area contributed by atoms with Crippen LogP contribution in [0.4, 0.5) is 11.4 Å². The predicted molar refractivity (Wildman–Crippen MR) is 109 cm³/mol. The standard InChI is InChI=1S/C19H21IN2O3/c1-4-24-18-11-14(10-17(20)19(18)25-5-2)12-21-15-6-8-16(9-7-15)22-13(3)23/h6-12H,4-5H2,1-3H3,(H,22,23). The number of ether oxygens (including phenoxy) is 2. The number of halogens is 1. The molecule has 0 atom stereocenters. The van der Waals surface area contributed by atoms with E-state index in [-0.39, 0.29) is 5.91 Å². The number of carbonyl (C=O) groups excluding carboxylic acids is 1. The van der Waals surface area contributed by atoms with Crippen molar-refractivity contribution in [3.8, 4) is 11.5 Å². The Labute approximate surface area is 161 Å². The Morgan fingerprint density at radius 1 is 1.16 bits per heavy atom. The van der Waals surface area contributed by atoms with Gasteiger partial charge in [0.1, 0.15) is 0 Å². The lowest BCUT2D eigenvalue weighted by molar-refractivity contribution is -0.114. The lowest BCUT2D eigenvalue weighted by atomic mass is 10.2. The van der Waals surface area contributed by atoms with Crippen LogP contribution in [0.1, 0.15) is 26.3 Å². The maximum absolute atomic E-state index is 11.0. The van der Waals surface area contributed by atoms with Crippen LogP contribution in [0.25, 0.3) is 0 Å². The molecule has 0 fully saturated rings. The fourth-order valence-corrected chi connectivity index (χ4v) is 2.97. The van der Waals surface area contributed by atoms with Crippen LogP contribution in [-0.4, -0.2) is 25.3 Å². The first-order valence-corrected chi connectivity index (χ1v) is 9.12. The predicted octanol–water partition coefficient (Wildman–Crippen LogP) is 4.80. The molecule has 5 nitrogen and oxygen atoms in total. The molecule has 0 aliphatic rings. The number of rotatable bonds is 7. The van der Waals surface area contributed by atoms with Gasteiger partial charge in [-0.05, 0) is 78.4 Å². The molecule has 1 N–H and O–H groups in total.